The predicted molar refractivity (Wildman–Crippen MR) is 66.9 cm³/mol. The molecule has 1 atom stereocenters. The molecule has 1 heterocycles. The molecular weight excluding hydrogens is 280 g/mol. The summed E-state index contributed by atoms with van der Waals surface area (Å²) in [5, 5.41) is 9.29. The van der Waals surface area contributed by atoms with Gasteiger partial charge in [0.1, 0.15) is 10.0 Å². The molecule has 1 unspecified atom stereocenters. The van der Waals surface area contributed by atoms with E-state index in [1.165, 1.54) is 25.4 Å². The van der Waals surface area contributed by atoms with Crippen LogP contribution in [-0.4, -0.2) is 44.9 Å². The van der Waals surface area contributed by atoms with Gasteiger partial charge in [-0.15, -0.1) is 0 Å². The van der Waals surface area contributed by atoms with Gasteiger partial charge < -0.3 is 9.84 Å². The standard InChI is InChI=1S/C10H15ClN2O4S/c1-17-7-8(14)4-6-13-18(15,16)9-3-2-5-12-10(9)11/h2-3,5,8,13-14H,4,6-7H2,1H3. The van der Waals surface area contributed by atoms with Crippen LogP contribution < -0.4 is 4.72 Å². The normalized spacial score (nSPS) is 13.5. The molecule has 6 nitrogen and oxygen atoms in total. The maximum absolute atomic E-state index is 11.8. The lowest BCUT2D eigenvalue weighted by Crippen LogP contribution is -2.28. The van der Waals surface area contributed by atoms with E-state index in [1.54, 1.807) is 0 Å². The van der Waals surface area contributed by atoms with Crippen molar-refractivity contribution in [1.82, 2.24) is 9.71 Å². The first-order valence-electron chi connectivity index (χ1n) is 5.24. The Morgan fingerprint density at radius 3 is 2.94 bits per heavy atom. The maximum Gasteiger partial charge on any atom is 0.243 e. The number of nitrogens with zero attached hydrogens (tertiary/aromatic N) is 1. The number of nitrogens with one attached hydrogen (secondary N) is 1. The van der Waals surface area contributed by atoms with Crippen LogP contribution >= 0.6 is 11.6 Å². The van der Waals surface area contributed by atoms with Crippen molar-refractivity contribution in [2.24, 2.45) is 0 Å². The molecule has 0 bridgehead atoms. The summed E-state index contributed by atoms with van der Waals surface area (Å²) in [6.07, 6.45) is 0.955. The van der Waals surface area contributed by atoms with E-state index in [0.717, 1.165) is 0 Å². The number of ether oxygens (including phenoxy) is 1. The maximum atomic E-state index is 11.8. The Balaban J connectivity index is 2.59. The number of hydrogen-bond acceptors (Lipinski definition) is 5. The summed E-state index contributed by atoms with van der Waals surface area (Å²) in [6, 6.07) is 2.85. The first-order valence-corrected chi connectivity index (χ1v) is 7.10. The van der Waals surface area contributed by atoms with Crippen molar-refractivity contribution in [1.29, 1.82) is 0 Å². The van der Waals surface area contributed by atoms with Crippen molar-refractivity contribution in [2.45, 2.75) is 17.4 Å². The van der Waals surface area contributed by atoms with Crippen LogP contribution in [0, 0.1) is 0 Å². The van der Waals surface area contributed by atoms with Crippen LogP contribution in [0.25, 0.3) is 0 Å². The van der Waals surface area contributed by atoms with Crippen LogP contribution in [0.4, 0.5) is 0 Å². The molecule has 8 heteroatoms. The van der Waals surface area contributed by atoms with Gasteiger partial charge in [0.15, 0.2) is 0 Å². The first kappa shape index (κ1) is 15.3. The van der Waals surface area contributed by atoms with E-state index in [2.05, 4.69) is 9.71 Å². The number of aromatic nitrogens is 1. The van der Waals surface area contributed by atoms with E-state index in [1.807, 2.05) is 0 Å². The van der Waals surface area contributed by atoms with Crippen molar-refractivity contribution >= 4 is 21.6 Å². The fourth-order valence-corrected chi connectivity index (χ4v) is 2.78. The molecule has 0 spiro atoms. The van der Waals surface area contributed by atoms with Crippen LogP contribution in [0.5, 0.6) is 0 Å². The minimum absolute atomic E-state index is 0.0760. The largest absolute Gasteiger partial charge is 0.391 e. The number of aliphatic hydroxyl groups excluding tert-OH is 1. The quantitative estimate of drug-likeness (QED) is 0.711. The Bertz CT molecular complexity index is 481. The molecule has 0 saturated carbocycles. The van der Waals surface area contributed by atoms with Gasteiger partial charge in [-0.2, -0.15) is 0 Å². The van der Waals surface area contributed by atoms with Gasteiger partial charge in [0.05, 0.1) is 12.7 Å². The predicted octanol–water partition coefficient (Wildman–Crippen LogP) is 0.411. The lowest BCUT2D eigenvalue weighted by molar-refractivity contribution is 0.0603. The van der Waals surface area contributed by atoms with Crippen LogP contribution in [-0.2, 0) is 14.8 Å². The fraction of sp³-hybridized carbons (Fsp3) is 0.500. The minimum atomic E-state index is -3.70. The zero-order chi connectivity index (χ0) is 13.6. The van der Waals surface area contributed by atoms with Crippen molar-refractivity contribution in [3.8, 4) is 0 Å². The van der Waals surface area contributed by atoms with Crippen LogP contribution in [0.1, 0.15) is 6.42 Å². The molecule has 1 rings (SSSR count). The summed E-state index contributed by atoms with van der Waals surface area (Å²) in [5.41, 5.74) is 0. The highest BCUT2D eigenvalue weighted by Gasteiger charge is 2.18. The second-order valence-electron chi connectivity index (χ2n) is 3.59. The summed E-state index contributed by atoms with van der Waals surface area (Å²) < 4.78 is 30.8. The summed E-state index contributed by atoms with van der Waals surface area (Å²) in [7, 11) is -2.24. The monoisotopic (exact) mass is 294 g/mol. The SMILES string of the molecule is COCC(O)CCNS(=O)(=O)c1cccnc1Cl. The molecule has 0 aliphatic heterocycles. The van der Waals surface area contributed by atoms with Gasteiger partial charge >= 0.3 is 0 Å². The van der Waals surface area contributed by atoms with Crippen molar-refractivity contribution in [3.05, 3.63) is 23.5 Å². The van der Waals surface area contributed by atoms with Crippen molar-refractivity contribution in [3.63, 3.8) is 0 Å². The molecule has 1 aromatic rings. The van der Waals surface area contributed by atoms with Gasteiger partial charge in [0.25, 0.3) is 0 Å². The average molecular weight is 295 g/mol. The highest BCUT2D eigenvalue weighted by atomic mass is 35.5. The lowest BCUT2D eigenvalue weighted by Gasteiger charge is -2.10. The molecule has 18 heavy (non-hydrogen) atoms. The Kier molecular flexibility index (Phi) is 5.97. The van der Waals surface area contributed by atoms with Crippen molar-refractivity contribution < 1.29 is 18.3 Å². The molecule has 0 saturated heterocycles. The number of sulfonamides is 1. The highest BCUT2D eigenvalue weighted by Crippen LogP contribution is 2.17. The van der Waals surface area contributed by atoms with Gasteiger partial charge in [-0.1, -0.05) is 11.6 Å². The smallest absolute Gasteiger partial charge is 0.243 e. The number of hydrogen-bond donors (Lipinski definition) is 2. The molecule has 0 aliphatic carbocycles. The van der Waals surface area contributed by atoms with Gasteiger partial charge in [-0.25, -0.2) is 18.1 Å². The Hall–Kier alpha value is -0.730. The lowest BCUT2D eigenvalue weighted by atomic mass is 10.3. The van der Waals surface area contributed by atoms with E-state index in [9.17, 15) is 13.5 Å². The topological polar surface area (TPSA) is 88.5 Å². The first-order chi connectivity index (χ1) is 8.47. The van der Waals surface area contributed by atoms with E-state index < -0.39 is 16.1 Å². The van der Waals surface area contributed by atoms with E-state index in [0.29, 0.717) is 0 Å². The van der Waals surface area contributed by atoms with E-state index in [-0.39, 0.29) is 29.6 Å². The minimum Gasteiger partial charge on any atom is -0.391 e. The Labute approximate surface area is 111 Å². The number of pyridine rings is 1. The van der Waals surface area contributed by atoms with Crippen molar-refractivity contribution in [2.75, 3.05) is 20.3 Å². The third kappa shape index (κ3) is 4.51. The molecule has 1 aromatic heterocycles. The third-order valence-electron chi connectivity index (χ3n) is 2.14. The second-order valence-corrected chi connectivity index (χ2v) is 5.68. The van der Waals surface area contributed by atoms with Crippen LogP contribution in [0.2, 0.25) is 5.15 Å². The van der Waals surface area contributed by atoms with Gasteiger partial charge in [-0.3, -0.25) is 0 Å². The molecule has 0 radical (unpaired) electrons. The summed E-state index contributed by atoms with van der Waals surface area (Å²) in [5.74, 6) is 0. The van der Waals surface area contributed by atoms with Crippen LogP contribution in [0.15, 0.2) is 23.2 Å². The molecule has 0 amide bonds. The molecule has 0 aromatic carbocycles. The molecule has 2 N–H and O–H groups in total. The number of aliphatic hydroxyl groups is 1. The number of methoxy groups -OCH3 is 1. The summed E-state index contributed by atoms with van der Waals surface area (Å²) in [4.78, 5) is 3.62. The van der Waals surface area contributed by atoms with Gasteiger partial charge in [0.2, 0.25) is 10.0 Å². The average Bonchev–Trinajstić information content (AvgIpc) is 2.29. The molecule has 102 valence electrons. The zero-order valence-corrected chi connectivity index (χ0v) is 11.4. The summed E-state index contributed by atoms with van der Waals surface area (Å²) >= 11 is 5.70. The second kappa shape index (κ2) is 7.01. The zero-order valence-electron chi connectivity index (χ0n) is 9.84. The summed E-state index contributed by atoms with van der Waals surface area (Å²) in [6.45, 7) is 0.257. The molecule has 0 fully saturated rings. The van der Waals surface area contributed by atoms with Gasteiger partial charge in [0, 0.05) is 19.9 Å². The number of rotatable bonds is 7. The Morgan fingerprint density at radius 1 is 1.61 bits per heavy atom. The molecule has 0 aliphatic rings. The van der Waals surface area contributed by atoms with Gasteiger partial charge in [-0.05, 0) is 18.6 Å². The highest BCUT2D eigenvalue weighted by molar-refractivity contribution is 7.89. The van der Waals surface area contributed by atoms with E-state index >= 15 is 0 Å². The fourth-order valence-electron chi connectivity index (χ4n) is 1.29. The van der Waals surface area contributed by atoms with Crippen LogP contribution in [0.3, 0.4) is 0 Å². The Morgan fingerprint density at radius 2 is 2.33 bits per heavy atom. The number of halogens is 1. The third-order valence-corrected chi connectivity index (χ3v) is 4.05. The molecular formula is C10H15ClN2O4S. The van der Waals surface area contributed by atoms with E-state index in [4.69, 9.17) is 16.3 Å².